The summed E-state index contributed by atoms with van der Waals surface area (Å²) in [7, 11) is 4.15. The maximum atomic E-state index is 12.2. The van der Waals surface area contributed by atoms with Gasteiger partial charge in [0.1, 0.15) is 12.1 Å². The van der Waals surface area contributed by atoms with Gasteiger partial charge >= 0.3 is 0 Å². The first-order valence-electron chi connectivity index (χ1n) is 7.46. The van der Waals surface area contributed by atoms with Crippen LogP contribution >= 0.6 is 11.6 Å². The van der Waals surface area contributed by atoms with Crippen molar-refractivity contribution >= 4 is 23.2 Å². The van der Waals surface area contributed by atoms with Gasteiger partial charge in [0.25, 0.3) is 11.6 Å². The Morgan fingerprint density at radius 1 is 1.17 bits per heavy atom. The van der Waals surface area contributed by atoms with E-state index in [1.807, 2.05) is 24.3 Å². The number of nitrogens with one attached hydrogen (secondary N) is 2. The molecule has 2 rings (SSSR count). The van der Waals surface area contributed by atoms with Crippen LogP contribution in [0.2, 0.25) is 5.02 Å². The van der Waals surface area contributed by atoms with Gasteiger partial charge in [-0.05, 0) is 17.7 Å². The standard InChI is InChI=1S/C17H18ClN3O3/c1-20(2)11-13-5-3-12(4-6-13)10-19-17(22)15-8-7-14(18)9-16(15)21(23)24/h3-9H,10-11H2,1-2H3,(H,19,22)/p+1. The Morgan fingerprint density at radius 2 is 1.79 bits per heavy atom. The van der Waals surface area contributed by atoms with Gasteiger partial charge in [-0.3, -0.25) is 14.9 Å². The number of hydrogen-bond acceptors (Lipinski definition) is 3. The maximum Gasteiger partial charge on any atom is 0.283 e. The molecule has 7 heteroatoms. The van der Waals surface area contributed by atoms with Crippen LogP contribution < -0.4 is 10.2 Å². The Labute approximate surface area is 145 Å². The predicted octanol–water partition coefficient (Wildman–Crippen LogP) is 1.82. The molecule has 0 heterocycles. The smallest absolute Gasteiger partial charge is 0.283 e. The minimum Gasteiger partial charge on any atom is -0.348 e. The molecular weight excluding hydrogens is 330 g/mol. The van der Waals surface area contributed by atoms with E-state index in [2.05, 4.69) is 19.4 Å². The molecule has 0 fully saturated rings. The molecule has 6 nitrogen and oxygen atoms in total. The molecular formula is C17H19ClN3O3+. The summed E-state index contributed by atoms with van der Waals surface area (Å²) in [5, 5.41) is 14.0. The number of nitro benzene ring substituents is 1. The number of nitrogens with zero attached hydrogens (tertiary/aromatic N) is 1. The second kappa shape index (κ2) is 7.90. The van der Waals surface area contributed by atoms with Crippen molar-refractivity contribution in [3.05, 3.63) is 74.3 Å². The molecule has 2 aromatic carbocycles. The average molecular weight is 349 g/mol. The number of hydrogen-bond donors (Lipinski definition) is 2. The Kier molecular flexibility index (Phi) is 5.89. The second-order valence-corrected chi connectivity index (χ2v) is 6.24. The van der Waals surface area contributed by atoms with Gasteiger partial charge in [0, 0.05) is 23.2 Å². The molecule has 2 N–H and O–H groups in total. The zero-order chi connectivity index (χ0) is 17.7. The number of benzene rings is 2. The third-order valence-corrected chi connectivity index (χ3v) is 3.67. The zero-order valence-electron chi connectivity index (χ0n) is 13.5. The fourth-order valence-corrected chi connectivity index (χ4v) is 2.47. The van der Waals surface area contributed by atoms with E-state index in [-0.39, 0.29) is 16.3 Å². The summed E-state index contributed by atoms with van der Waals surface area (Å²) < 4.78 is 0. The van der Waals surface area contributed by atoms with Crippen molar-refractivity contribution in [2.45, 2.75) is 13.1 Å². The molecule has 0 saturated heterocycles. The Morgan fingerprint density at radius 3 is 2.38 bits per heavy atom. The van der Waals surface area contributed by atoms with E-state index >= 15 is 0 Å². The van der Waals surface area contributed by atoms with Gasteiger partial charge in [-0.25, -0.2) is 0 Å². The fourth-order valence-electron chi connectivity index (χ4n) is 2.31. The van der Waals surface area contributed by atoms with E-state index in [0.29, 0.717) is 6.54 Å². The van der Waals surface area contributed by atoms with E-state index in [0.717, 1.165) is 12.1 Å². The summed E-state index contributed by atoms with van der Waals surface area (Å²) in [5.74, 6) is -0.500. The average Bonchev–Trinajstić information content (AvgIpc) is 2.53. The molecule has 0 spiro atoms. The summed E-state index contributed by atoms with van der Waals surface area (Å²) in [5.41, 5.74) is 1.83. The molecule has 24 heavy (non-hydrogen) atoms. The Bertz CT molecular complexity index is 745. The Hall–Kier alpha value is -2.44. The number of nitro groups is 1. The summed E-state index contributed by atoms with van der Waals surface area (Å²) >= 11 is 5.75. The van der Waals surface area contributed by atoms with Crippen molar-refractivity contribution < 1.29 is 14.6 Å². The third kappa shape index (κ3) is 4.78. The monoisotopic (exact) mass is 348 g/mol. The first-order valence-corrected chi connectivity index (χ1v) is 7.83. The van der Waals surface area contributed by atoms with Gasteiger partial charge < -0.3 is 10.2 Å². The Balaban J connectivity index is 2.04. The topological polar surface area (TPSA) is 76.7 Å². The molecule has 0 aliphatic carbocycles. The largest absolute Gasteiger partial charge is 0.348 e. The SMILES string of the molecule is C[NH+](C)Cc1ccc(CNC(=O)c2ccc(Cl)cc2[N+](=O)[O-])cc1. The third-order valence-electron chi connectivity index (χ3n) is 3.43. The van der Waals surface area contributed by atoms with Crippen LogP contribution in [-0.2, 0) is 13.1 Å². The molecule has 2 aromatic rings. The number of halogens is 1. The predicted molar refractivity (Wildman–Crippen MR) is 92.2 cm³/mol. The van der Waals surface area contributed by atoms with Crippen molar-refractivity contribution in [2.75, 3.05) is 14.1 Å². The lowest BCUT2D eigenvalue weighted by Crippen LogP contribution is -3.04. The first kappa shape index (κ1) is 17.9. The number of rotatable bonds is 6. The normalized spacial score (nSPS) is 10.7. The summed E-state index contributed by atoms with van der Waals surface area (Å²) in [6, 6.07) is 11.9. The highest BCUT2D eigenvalue weighted by Crippen LogP contribution is 2.23. The molecule has 0 radical (unpaired) electrons. The highest BCUT2D eigenvalue weighted by atomic mass is 35.5. The van der Waals surface area contributed by atoms with Crippen LogP contribution in [0.25, 0.3) is 0 Å². The minimum absolute atomic E-state index is 0.00257. The number of carbonyl (C=O) groups excluding carboxylic acids is 1. The molecule has 0 bridgehead atoms. The highest BCUT2D eigenvalue weighted by molar-refractivity contribution is 6.31. The molecule has 0 atom stereocenters. The van der Waals surface area contributed by atoms with E-state index in [4.69, 9.17) is 11.6 Å². The number of amides is 1. The van der Waals surface area contributed by atoms with Crippen LogP contribution in [0.3, 0.4) is 0 Å². The van der Waals surface area contributed by atoms with Crippen molar-refractivity contribution in [1.29, 1.82) is 0 Å². The van der Waals surface area contributed by atoms with Crippen molar-refractivity contribution in [2.24, 2.45) is 0 Å². The van der Waals surface area contributed by atoms with Crippen molar-refractivity contribution in [1.82, 2.24) is 5.32 Å². The maximum absolute atomic E-state index is 12.2. The summed E-state index contributed by atoms with van der Waals surface area (Å²) in [6.45, 7) is 1.22. The van der Waals surface area contributed by atoms with Gasteiger partial charge in [-0.1, -0.05) is 35.9 Å². The molecule has 0 aliphatic heterocycles. The summed E-state index contributed by atoms with van der Waals surface area (Å²) in [4.78, 5) is 24.0. The molecule has 0 unspecified atom stereocenters. The van der Waals surface area contributed by atoms with E-state index in [1.165, 1.54) is 28.7 Å². The van der Waals surface area contributed by atoms with Gasteiger partial charge in [0.2, 0.25) is 0 Å². The lowest BCUT2D eigenvalue weighted by Gasteiger charge is -2.09. The molecule has 0 aromatic heterocycles. The number of quaternary nitrogens is 1. The van der Waals surface area contributed by atoms with Crippen LogP contribution in [-0.4, -0.2) is 24.9 Å². The van der Waals surface area contributed by atoms with Crippen LogP contribution in [0.5, 0.6) is 0 Å². The lowest BCUT2D eigenvalue weighted by molar-refractivity contribution is -0.872. The van der Waals surface area contributed by atoms with Gasteiger partial charge in [-0.2, -0.15) is 0 Å². The fraction of sp³-hybridized carbons (Fsp3) is 0.235. The van der Waals surface area contributed by atoms with Crippen LogP contribution in [0.15, 0.2) is 42.5 Å². The van der Waals surface area contributed by atoms with Gasteiger partial charge in [-0.15, -0.1) is 0 Å². The van der Waals surface area contributed by atoms with E-state index in [1.54, 1.807) is 0 Å². The summed E-state index contributed by atoms with van der Waals surface area (Å²) in [6.07, 6.45) is 0. The molecule has 0 saturated carbocycles. The molecule has 1 amide bonds. The highest BCUT2D eigenvalue weighted by Gasteiger charge is 2.20. The second-order valence-electron chi connectivity index (χ2n) is 5.80. The van der Waals surface area contributed by atoms with Crippen LogP contribution in [0, 0.1) is 10.1 Å². The minimum atomic E-state index is -0.612. The quantitative estimate of drug-likeness (QED) is 0.617. The van der Waals surface area contributed by atoms with E-state index in [9.17, 15) is 14.9 Å². The number of carbonyl (C=O) groups is 1. The van der Waals surface area contributed by atoms with Gasteiger partial charge in [0.05, 0.1) is 19.0 Å². The molecule has 0 aliphatic rings. The van der Waals surface area contributed by atoms with Crippen LogP contribution in [0.1, 0.15) is 21.5 Å². The van der Waals surface area contributed by atoms with Crippen molar-refractivity contribution in [3.63, 3.8) is 0 Å². The lowest BCUT2D eigenvalue weighted by atomic mass is 10.1. The van der Waals surface area contributed by atoms with E-state index < -0.39 is 10.8 Å². The van der Waals surface area contributed by atoms with Gasteiger partial charge in [0.15, 0.2) is 0 Å². The van der Waals surface area contributed by atoms with Crippen molar-refractivity contribution in [3.8, 4) is 0 Å². The van der Waals surface area contributed by atoms with Crippen LogP contribution in [0.4, 0.5) is 5.69 Å². The first-order chi connectivity index (χ1) is 11.4. The molecule has 126 valence electrons. The zero-order valence-corrected chi connectivity index (χ0v) is 14.3.